The lowest BCUT2D eigenvalue weighted by atomic mass is 10.1. The van der Waals surface area contributed by atoms with Crippen LogP contribution in [0, 0.1) is 11.3 Å². The number of aliphatic hydroxyl groups excluding tert-OH is 1. The van der Waals surface area contributed by atoms with Crippen LogP contribution in [-0.4, -0.2) is 47.8 Å². The molecule has 20 heavy (non-hydrogen) atoms. The summed E-state index contributed by atoms with van der Waals surface area (Å²) in [5.41, 5.74) is 1.47. The highest BCUT2D eigenvalue weighted by Gasteiger charge is 2.27. The third kappa shape index (κ3) is 3.56. The molecule has 1 amide bonds. The number of hydrogen-bond acceptors (Lipinski definition) is 4. The molecule has 1 aromatic carbocycles. The maximum Gasteiger partial charge on any atom is 0.227 e. The van der Waals surface area contributed by atoms with Gasteiger partial charge in [0.25, 0.3) is 0 Å². The number of nitrogens with zero attached hydrogens (tertiary/aromatic N) is 2. The summed E-state index contributed by atoms with van der Waals surface area (Å²) in [5.74, 6) is 0.0170. The van der Waals surface area contributed by atoms with Crippen molar-refractivity contribution < 1.29 is 14.6 Å². The van der Waals surface area contributed by atoms with E-state index in [1.165, 1.54) is 0 Å². The summed E-state index contributed by atoms with van der Waals surface area (Å²) in [4.78, 5) is 14.0. The van der Waals surface area contributed by atoms with Crippen molar-refractivity contribution in [1.29, 1.82) is 5.26 Å². The minimum absolute atomic E-state index is 0.0170. The summed E-state index contributed by atoms with van der Waals surface area (Å²) in [6, 6.07) is 9.06. The Morgan fingerprint density at radius 3 is 2.75 bits per heavy atom. The molecule has 0 aliphatic carbocycles. The number of aliphatic hydroxyl groups is 1. The number of rotatable bonds is 3. The number of ether oxygens (including phenoxy) is 1. The summed E-state index contributed by atoms with van der Waals surface area (Å²) in [6.45, 7) is 2.79. The Labute approximate surface area is 118 Å². The zero-order valence-corrected chi connectivity index (χ0v) is 11.5. The lowest BCUT2D eigenvalue weighted by molar-refractivity contribution is -0.146. The fourth-order valence-electron chi connectivity index (χ4n) is 2.33. The molecule has 1 aliphatic rings. The van der Waals surface area contributed by atoms with E-state index < -0.39 is 0 Å². The van der Waals surface area contributed by atoms with E-state index in [0.717, 1.165) is 5.56 Å². The lowest BCUT2D eigenvalue weighted by Gasteiger charge is -2.36. The summed E-state index contributed by atoms with van der Waals surface area (Å²) >= 11 is 0. The van der Waals surface area contributed by atoms with Crippen LogP contribution >= 0.6 is 0 Å². The molecule has 0 spiro atoms. The predicted octanol–water partition coefficient (Wildman–Crippen LogP) is 0.709. The van der Waals surface area contributed by atoms with E-state index in [4.69, 9.17) is 15.1 Å². The Morgan fingerprint density at radius 2 is 2.15 bits per heavy atom. The number of benzene rings is 1. The van der Waals surface area contributed by atoms with E-state index in [0.29, 0.717) is 25.1 Å². The number of amides is 1. The quantitative estimate of drug-likeness (QED) is 0.881. The molecule has 1 aromatic rings. The first kappa shape index (κ1) is 14.5. The van der Waals surface area contributed by atoms with Gasteiger partial charge in [0.1, 0.15) is 0 Å². The molecule has 1 heterocycles. The van der Waals surface area contributed by atoms with Gasteiger partial charge in [-0.3, -0.25) is 4.79 Å². The Hall–Kier alpha value is -1.90. The van der Waals surface area contributed by atoms with Crippen LogP contribution in [-0.2, 0) is 16.0 Å². The number of morpholine rings is 1. The molecule has 2 rings (SSSR count). The van der Waals surface area contributed by atoms with Crippen molar-refractivity contribution in [2.75, 3.05) is 19.7 Å². The fourth-order valence-corrected chi connectivity index (χ4v) is 2.33. The van der Waals surface area contributed by atoms with Crippen LogP contribution in [0.2, 0.25) is 0 Å². The molecule has 1 N–H and O–H groups in total. The van der Waals surface area contributed by atoms with Gasteiger partial charge < -0.3 is 14.7 Å². The minimum Gasteiger partial charge on any atom is -0.394 e. The smallest absolute Gasteiger partial charge is 0.227 e. The normalized spacial score (nSPS) is 22.4. The second kappa shape index (κ2) is 6.51. The predicted molar refractivity (Wildman–Crippen MR) is 72.9 cm³/mol. The van der Waals surface area contributed by atoms with E-state index in [2.05, 4.69) is 6.07 Å². The van der Waals surface area contributed by atoms with Gasteiger partial charge in [0.2, 0.25) is 5.91 Å². The number of nitriles is 1. The van der Waals surface area contributed by atoms with Gasteiger partial charge >= 0.3 is 0 Å². The number of carbonyl (C=O) groups excluding carboxylic acids is 1. The van der Waals surface area contributed by atoms with Gasteiger partial charge in [0.05, 0.1) is 36.9 Å². The highest BCUT2D eigenvalue weighted by Crippen LogP contribution is 2.13. The Kier molecular flexibility index (Phi) is 4.72. The number of carbonyl (C=O) groups is 1. The Bertz CT molecular complexity index is 507. The van der Waals surface area contributed by atoms with Crippen molar-refractivity contribution in [2.24, 2.45) is 0 Å². The first-order valence-corrected chi connectivity index (χ1v) is 6.65. The van der Waals surface area contributed by atoms with E-state index in [-0.39, 0.29) is 24.7 Å². The molecule has 2 unspecified atom stereocenters. The van der Waals surface area contributed by atoms with Crippen molar-refractivity contribution in [3.05, 3.63) is 35.4 Å². The zero-order valence-electron chi connectivity index (χ0n) is 11.5. The average molecular weight is 274 g/mol. The first-order chi connectivity index (χ1) is 9.62. The maximum absolute atomic E-state index is 12.3. The van der Waals surface area contributed by atoms with Crippen LogP contribution in [0.25, 0.3) is 0 Å². The molecule has 0 radical (unpaired) electrons. The van der Waals surface area contributed by atoms with Gasteiger partial charge in [-0.25, -0.2) is 0 Å². The molecule has 0 aromatic heterocycles. The van der Waals surface area contributed by atoms with Crippen molar-refractivity contribution in [2.45, 2.75) is 25.6 Å². The second-order valence-electron chi connectivity index (χ2n) is 5.04. The van der Waals surface area contributed by atoms with Gasteiger partial charge in [0.15, 0.2) is 0 Å². The third-order valence-corrected chi connectivity index (χ3v) is 3.32. The van der Waals surface area contributed by atoms with Crippen molar-refractivity contribution >= 4 is 5.91 Å². The summed E-state index contributed by atoms with van der Waals surface area (Å²) in [5, 5.41) is 17.9. The maximum atomic E-state index is 12.3. The largest absolute Gasteiger partial charge is 0.394 e. The molecule has 0 bridgehead atoms. The van der Waals surface area contributed by atoms with E-state index >= 15 is 0 Å². The van der Waals surface area contributed by atoms with Crippen LogP contribution in [0.4, 0.5) is 0 Å². The standard InChI is InChI=1S/C15H18N2O3/c1-11-8-17(9-14(10-18)20-11)15(19)6-12-2-4-13(7-16)5-3-12/h2-5,11,14,18H,6,8-10H2,1H3. The molecule has 1 aliphatic heterocycles. The molecule has 5 heteroatoms. The van der Waals surface area contributed by atoms with Crippen LogP contribution in [0.3, 0.4) is 0 Å². The number of hydrogen-bond donors (Lipinski definition) is 1. The van der Waals surface area contributed by atoms with Gasteiger partial charge in [-0.2, -0.15) is 5.26 Å². The Morgan fingerprint density at radius 1 is 1.45 bits per heavy atom. The van der Waals surface area contributed by atoms with Crippen molar-refractivity contribution in [1.82, 2.24) is 4.90 Å². The molecular weight excluding hydrogens is 256 g/mol. The van der Waals surface area contributed by atoms with Gasteiger partial charge in [-0.05, 0) is 24.6 Å². The summed E-state index contributed by atoms with van der Waals surface area (Å²) < 4.78 is 5.52. The first-order valence-electron chi connectivity index (χ1n) is 6.65. The van der Waals surface area contributed by atoms with Gasteiger partial charge in [-0.1, -0.05) is 12.1 Å². The van der Waals surface area contributed by atoms with E-state index in [1.807, 2.05) is 6.92 Å². The lowest BCUT2D eigenvalue weighted by Crippen LogP contribution is -2.50. The van der Waals surface area contributed by atoms with Gasteiger partial charge in [0, 0.05) is 13.1 Å². The SMILES string of the molecule is CC1CN(C(=O)Cc2ccc(C#N)cc2)CC(CO)O1. The monoisotopic (exact) mass is 274 g/mol. The molecule has 1 fully saturated rings. The topological polar surface area (TPSA) is 73.6 Å². The highest BCUT2D eigenvalue weighted by atomic mass is 16.5. The van der Waals surface area contributed by atoms with Gasteiger partial charge in [-0.15, -0.1) is 0 Å². The minimum atomic E-state index is -0.302. The molecule has 5 nitrogen and oxygen atoms in total. The molecule has 0 saturated carbocycles. The van der Waals surface area contributed by atoms with Crippen molar-refractivity contribution in [3.63, 3.8) is 0 Å². The van der Waals surface area contributed by atoms with Crippen LogP contribution in [0.5, 0.6) is 0 Å². The summed E-state index contributed by atoms with van der Waals surface area (Å²) in [7, 11) is 0. The molecule has 2 atom stereocenters. The average Bonchev–Trinajstić information content (AvgIpc) is 2.47. The van der Waals surface area contributed by atoms with E-state index in [1.54, 1.807) is 29.2 Å². The van der Waals surface area contributed by atoms with Crippen molar-refractivity contribution in [3.8, 4) is 6.07 Å². The van der Waals surface area contributed by atoms with Crippen LogP contribution in [0.15, 0.2) is 24.3 Å². The fraction of sp³-hybridized carbons (Fsp3) is 0.467. The van der Waals surface area contributed by atoms with E-state index in [9.17, 15) is 4.79 Å². The highest BCUT2D eigenvalue weighted by molar-refractivity contribution is 5.79. The molecule has 1 saturated heterocycles. The van der Waals surface area contributed by atoms with Crippen LogP contribution < -0.4 is 0 Å². The van der Waals surface area contributed by atoms with Crippen LogP contribution in [0.1, 0.15) is 18.1 Å². The third-order valence-electron chi connectivity index (χ3n) is 3.32. The molecular formula is C15H18N2O3. The Balaban J connectivity index is 1.98. The zero-order chi connectivity index (χ0) is 14.5. The molecule has 106 valence electrons. The second-order valence-corrected chi connectivity index (χ2v) is 5.04. The summed E-state index contributed by atoms with van der Waals surface area (Å²) in [6.07, 6.45) is -0.0641.